The van der Waals surface area contributed by atoms with Gasteiger partial charge in [-0.25, -0.2) is 4.39 Å². The Kier molecular flexibility index (Phi) is 5.06. The fourth-order valence-corrected chi connectivity index (χ4v) is 2.73. The second kappa shape index (κ2) is 7.25. The average Bonchev–Trinajstić information content (AvgIpc) is 3.00. The van der Waals surface area contributed by atoms with Crippen LogP contribution in [0.25, 0.3) is 11.3 Å². The van der Waals surface area contributed by atoms with E-state index in [-0.39, 0.29) is 11.7 Å². The van der Waals surface area contributed by atoms with Gasteiger partial charge in [-0.05, 0) is 36.8 Å². The summed E-state index contributed by atoms with van der Waals surface area (Å²) >= 11 is 11.9. The molecule has 0 atom stereocenters. The molecule has 1 aromatic heterocycles. The van der Waals surface area contributed by atoms with Crippen molar-refractivity contribution in [3.8, 4) is 11.3 Å². The predicted molar refractivity (Wildman–Crippen MR) is 97.8 cm³/mol. The molecule has 1 heterocycles. The number of hydrogen-bond acceptors (Lipinski definition) is 2. The lowest BCUT2D eigenvalue weighted by Crippen LogP contribution is -2.13. The van der Waals surface area contributed by atoms with Gasteiger partial charge >= 0.3 is 0 Å². The maximum atomic E-state index is 13.5. The minimum Gasteiger partial charge on any atom is -0.319 e. The number of nitrogens with zero attached hydrogens (tertiary/aromatic N) is 1. The van der Waals surface area contributed by atoms with Crippen LogP contribution in [0.4, 0.5) is 10.1 Å². The van der Waals surface area contributed by atoms with Crippen molar-refractivity contribution in [3.05, 3.63) is 69.6 Å². The molecule has 4 nitrogen and oxygen atoms in total. The first-order valence-corrected chi connectivity index (χ1v) is 8.34. The van der Waals surface area contributed by atoms with E-state index in [2.05, 4.69) is 15.5 Å². The highest BCUT2D eigenvalue weighted by molar-refractivity contribution is 6.42. The average molecular weight is 378 g/mol. The van der Waals surface area contributed by atoms with E-state index < -0.39 is 0 Å². The summed E-state index contributed by atoms with van der Waals surface area (Å²) in [6.07, 6.45) is 0.624. The van der Waals surface area contributed by atoms with Crippen molar-refractivity contribution >= 4 is 34.8 Å². The summed E-state index contributed by atoms with van der Waals surface area (Å²) in [7, 11) is 0. The molecule has 0 radical (unpaired) electrons. The van der Waals surface area contributed by atoms with Crippen LogP contribution in [0.2, 0.25) is 10.0 Å². The molecule has 3 rings (SSSR count). The molecule has 7 heteroatoms. The summed E-state index contributed by atoms with van der Waals surface area (Å²) in [6, 6.07) is 10.7. The van der Waals surface area contributed by atoms with Crippen LogP contribution in [0.15, 0.2) is 42.5 Å². The second-order valence-electron chi connectivity index (χ2n) is 5.37. The van der Waals surface area contributed by atoms with E-state index in [1.807, 2.05) is 6.92 Å². The van der Waals surface area contributed by atoms with Crippen LogP contribution in [0.3, 0.4) is 0 Å². The Hall–Kier alpha value is -2.37. The first-order chi connectivity index (χ1) is 12.0. The molecule has 0 saturated heterocycles. The number of aryl methyl sites for hydroxylation is 1. The molecule has 0 fully saturated rings. The standard InChI is InChI=1S/C18H14Cl2FN3O/c1-2-15-17(16(24-23-15)10-4-3-5-12(21)8-10)22-18(25)11-6-7-13(19)14(20)9-11/h3-9H,2H2,1H3,(H,22,25)(H,23,24). The minimum absolute atomic E-state index is 0.294. The van der Waals surface area contributed by atoms with Crippen LogP contribution in [0.1, 0.15) is 23.0 Å². The number of aromatic amines is 1. The van der Waals surface area contributed by atoms with E-state index in [0.717, 1.165) is 5.69 Å². The van der Waals surface area contributed by atoms with Crippen molar-refractivity contribution in [1.82, 2.24) is 10.2 Å². The van der Waals surface area contributed by atoms with Gasteiger partial charge in [0.2, 0.25) is 0 Å². The molecule has 3 aromatic rings. The highest BCUT2D eigenvalue weighted by atomic mass is 35.5. The lowest BCUT2D eigenvalue weighted by molar-refractivity contribution is 0.102. The highest BCUT2D eigenvalue weighted by Crippen LogP contribution is 2.30. The van der Waals surface area contributed by atoms with Gasteiger partial charge < -0.3 is 5.32 Å². The third-order valence-corrected chi connectivity index (χ3v) is 4.45. The van der Waals surface area contributed by atoms with Crippen LogP contribution < -0.4 is 5.32 Å². The molecule has 0 unspecified atom stereocenters. The van der Waals surface area contributed by atoms with Crippen molar-refractivity contribution in [2.45, 2.75) is 13.3 Å². The maximum absolute atomic E-state index is 13.5. The number of nitrogens with one attached hydrogen (secondary N) is 2. The number of anilines is 1. The minimum atomic E-state index is -0.375. The van der Waals surface area contributed by atoms with E-state index in [1.165, 1.54) is 18.2 Å². The SMILES string of the molecule is CCc1[nH]nc(-c2cccc(F)c2)c1NC(=O)c1ccc(Cl)c(Cl)c1. The molecular formula is C18H14Cl2FN3O. The molecule has 1 amide bonds. The van der Waals surface area contributed by atoms with Crippen LogP contribution in [-0.2, 0) is 6.42 Å². The lowest BCUT2D eigenvalue weighted by Gasteiger charge is -2.09. The third-order valence-electron chi connectivity index (χ3n) is 3.71. The first-order valence-electron chi connectivity index (χ1n) is 7.59. The predicted octanol–water partition coefficient (Wildman–Crippen LogP) is 5.34. The fraction of sp³-hybridized carbons (Fsp3) is 0.111. The molecule has 0 aliphatic rings. The third kappa shape index (κ3) is 3.67. The van der Waals surface area contributed by atoms with E-state index >= 15 is 0 Å². The zero-order valence-electron chi connectivity index (χ0n) is 13.2. The number of hydrogen-bond donors (Lipinski definition) is 2. The number of carbonyl (C=O) groups excluding carboxylic acids is 1. The van der Waals surface area contributed by atoms with E-state index in [4.69, 9.17) is 23.2 Å². The number of halogens is 3. The molecule has 2 aromatic carbocycles. The van der Waals surface area contributed by atoms with Crippen molar-refractivity contribution in [2.24, 2.45) is 0 Å². The Labute approximate surface area is 154 Å². The van der Waals surface area contributed by atoms with Gasteiger partial charge in [-0.3, -0.25) is 9.89 Å². The van der Waals surface area contributed by atoms with Gasteiger partial charge in [0, 0.05) is 11.1 Å². The number of amides is 1. The number of benzene rings is 2. The second-order valence-corrected chi connectivity index (χ2v) is 6.19. The number of aromatic nitrogens is 2. The molecule has 0 aliphatic heterocycles. The highest BCUT2D eigenvalue weighted by Gasteiger charge is 2.18. The topological polar surface area (TPSA) is 57.8 Å². The van der Waals surface area contributed by atoms with Gasteiger partial charge in [0.1, 0.15) is 11.5 Å². The Morgan fingerprint density at radius 2 is 2.00 bits per heavy atom. The van der Waals surface area contributed by atoms with Crippen molar-refractivity contribution in [1.29, 1.82) is 0 Å². The van der Waals surface area contributed by atoms with E-state index in [1.54, 1.807) is 24.3 Å². The Morgan fingerprint density at radius 3 is 2.68 bits per heavy atom. The summed E-state index contributed by atoms with van der Waals surface area (Å²) in [5.41, 5.74) is 2.67. The summed E-state index contributed by atoms with van der Waals surface area (Å²) in [6.45, 7) is 1.93. The number of carbonyl (C=O) groups is 1. The number of rotatable bonds is 4. The molecule has 0 aliphatic carbocycles. The lowest BCUT2D eigenvalue weighted by atomic mass is 10.1. The van der Waals surface area contributed by atoms with Crippen LogP contribution in [0.5, 0.6) is 0 Å². The fourth-order valence-electron chi connectivity index (χ4n) is 2.44. The Morgan fingerprint density at radius 1 is 1.20 bits per heavy atom. The molecular weight excluding hydrogens is 364 g/mol. The Bertz CT molecular complexity index is 940. The van der Waals surface area contributed by atoms with Crippen LogP contribution in [-0.4, -0.2) is 16.1 Å². The van der Waals surface area contributed by atoms with Gasteiger partial charge in [0.05, 0.1) is 21.4 Å². The van der Waals surface area contributed by atoms with E-state index in [0.29, 0.717) is 39.0 Å². The van der Waals surface area contributed by atoms with Crippen LogP contribution in [0, 0.1) is 5.82 Å². The van der Waals surface area contributed by atoms with Gasteiger partial charge in [-0.15, -0.1) is 0 Å². The van der Waals surface area contributed by atoms with Gasteiger partial charge in [0.15, 0.2) is 0 Å². The zero-order valence-corrected chi connectivity index (χ0v) is 14.7. The van der Waals surface area contributed by atoms with E-state index in [9.17, 15) is 9.18 Å². The van der Waals surface area contributed by atoms with Crippen molar-refractivity contribution in [2.75, 3.05) is 5.32 Å². The summed E-state index contributed by atoms with van der Waals surface area (Å²) < 4.78 is 13.5. The van der Waals surface area contributed by atoms with Gasteiger partial charge in [0.25, 0.3) is 5.91 Å². The largest absolute Gasteiger partial charge is 0.319 e. The summed E-state index contributed by atoms with van der Waals surface area (Å²) in [4.78, 5) is 12.6. The Balaban J connectivity index is 1.97. The van der Waals surface area contributed by atoms with Gasteiger partial charge in [-0.2, -0.15) is 5.10 Å². The van der Waals surface area contributed by atoms with Gasteiger partial charge in [-0.1, -0.05) is 42.3 Å². The molecule has 25 heavy (non-hydrogen) atoms. The van der Waals surface area contributed by atoms with Crippen molar-refractivity contribution < 1.29 is 9.18 Å². The molecule has 0 saturated carbocycles. The number of H-pyrrole nitrogens is 1. The normalized spacial score (nSPS) is 10.7. The summed E-state index contributed by atoms with van der Waals surface area (Å²) in [5, 5.41) is 10.6. The molecule has 0 bridgehead atoms. The quantitative estimate of drug-likeness (QED) is 0.644. The zero-order chi connectivity index (χ0) is 18.0. The maximum Gasteiger partial charge on any atom is 0.255 e. The molecule has 0 spiro atoms. The summed E-state index contributed by atoms with van der Waals surface area (Å²) in [5.74, 6) is -0.729. The smallest absolute Gasteiger partial charge is 0.255 e. The first kappa shape index (κ1) is 17.5. The van der Waals surface area contributed by atoms with Crippen LogP contribution >= 0.6 is 23.2 Å². The van der Waals surface area contributed by atoms with Crippen molar-refractivity contribution in [3.63, 3.8) is 0 Å². The monoisotopic (exact) mass is 377 g/mol. The molecule has 128 valence electrons. The molecule has 2 N–H and O–H groups in total.